The monoisotopic (exact) mass is 236 g/mol. The molecular weight excluding hydrogens is 220 g/mol. The first-order valence-electron chi connectivity index (χ1n) is 5.80. The van der Waals surface area contributed by atoms with Gasteiger partial charge in [-0.3, -0.25) is 9.59 Å². The number of likely N-dealkylation sites (tertiary alicyclic amines) is 1. The molecule has 5 nitrogen and oxygen atoms in total. The molecular formula is C12H16N2O3. The van der Waals surface area contributed by atoms with Gasteiger partial charge >= 0.3 is 0 Å². The molecule has 0 radical (unpaired) electrons. The minimum absolute atomic E-state index is 0.140. The van der Waals surface area contributed by atoms with Gasteiger partial charge in [-0.05, 0) is 24.8 Å². The smallest absolute Gasteiger partial charge is 0.270 e. The van der Waals surface area contributed by atoms with Crippen molar-refractivity contribution >= 4 is 5.91 Å². The van der Waals surface area contributed by atoms with Crippen molar-refractivity contribution in [3.63, 3.8) is 0 Å². The van der Waals surface area contributed by atoms with Gasteiger partial charge in [0.05, 0.1) is 0 Å². The van der Waals surface area contributed by atoms with E-state index in [1.54, 1.807) is 17.0 Å². The molecule has 0 aliphatic carbocycles. The Morgan fingerprint density at radius 1 is 1.41 bits per heavy atom. The summed E-state index contributed by atoms with van der Waals surface area (Å²) in [4.78, 5) is 27.4. The summed E-state index contributed by atoms with van der Waals surface area (Å²) in [5.74, 6) is 0.160. The van der Waals surface area contributed by atoms with Crippen molar-refractivity contribution in [2.24, 2.45) is 5.92 Å². The predicted octanol–water partition coefficient (Wildman–Crippen LogP) is 0.219. The van der Waals surface area contributed by atoms with Gasteiger partial charge in [0.15, 0.2) is 0 Å². The number of aromatic amines is 1. The summed E-state index contributed by atoms with van der Waals surface area (Å²) in [5, 5.41) is 9.02. The summed E-state index contributed by atoms with van der Waals surface area (Å²) in [6.07, 6.45) is 1.64. The van der Waals surface area contributed by atoms with Crippen molar-refractivity contribution < 1.29 is 9.90 Å². The number of aromatic nitrogens is 1. The zero-order chi connectivity index (χ0) is 12.3. The average Bonchev–Trinajstić information content (AvgIpc) is 2.38. The highest BCUT2D eigenvalue weighted by Gasteiger charge is 2.23. The van der Waals surface area contributed by atoms with Crippen molar-refractivity contribution in [1.29, 1.82) is 0 Å². The minimum Gasteiger partial charge on any atom is -0.396 e. The molecule has 1 aliphatic rings. The van der Waals surface area contributed by atoms with Crippen LogP contribution in [0, 0.1) is 5.92 Å². The zero-order valence-corrected chi connectivity index (χ0v) is 9.56. The van der Waals surface area contributed by atoms with E-state index in [0.29, 0.717) is 24.7 Å². The van der Waals surface area contributed by atoms with Crippen LogP contribution >= 0.6 is 0 Å². The predicted molar refractivity (Wildman–Crippen MR) is 62.8 cm³/mol. The van der Waals surface area contributed by atoms with E-state index in [4.69, 9.17) is 5.11 Å². The lowest BCUT2D eigenvalue weighted by Crippen LogP contribution is -2.40. The molecule has 1 aromatic heterocycles. The number of rotatable bonds is 2. The molecule has 0 spiro atoms. The van der Waals surface area contributed by atoms with Gasteiger partial charge in [0.25, 0.3) is 5.91 Å². The number of aliphatic hydroxyl groups excluding tert-OH is 1. The number of carbonyl (C=O) groups excluding carboxylic acids is 1. The standard InChI is InChI=1S/C12H16N2O3/c15-8-9-4-6-14(7-5-9)12(17)10-2-1-3-11(16)13-10/h1-3,9,15H,4-8H2,(H,13,16). The van der Waals surface area contributed by atoms with Gasteiger partial charge in [-0.25, -0.2) is 0 Å². The number of H-pyrrole nitrogens is 1. The normalized spacial score (nSPS) is 17.1. The van der Waals surface area contributed by atoms with Crippen molar-refractivity contribution in [3.05, 3.63) is 34.2 Å². The number of pyridine rings is 1. The minimum atomic E-state index is -0.263. The SMILES string of the molecule is O=C(c1cccc(=O)[nH]1)N1CCC(CO)CC1. The van der Waals surface area contributed by atoms with Crippen LogP contribution in [-0.4, -0.2) is 40.6 Å². The molecule has 1 amide bonds. The Labute approximate surface area is 99.1 Å². The Balaban J connectivity index is 2.04. The van der Waals surface area contributed by atoms with Crippen LogP contribution in [0.5, 0.6) is 0 Å². The van der Waals surface area contributed by atoms with Crippen molar-refractivity contribution in [2.45, 2.75) is 12.8 Å². The summed E-state index contributed by atoms with van der Waals surface area (Å²) in [6, 6.07) is 4.57. The number of nitrogens with one attached hydrogen (secondary N) is 1. The molecule has 2 N–H and O–H groups in total. The molecule has 0 atom stereocenters. The van der Waals surface area contributed by atoms with E-state index in [2.05, 4.69) is 4.98 Å². The molecule has 5 heteroatoms. The van der Waals surface area contributed by atoms with Gasteiger partial charge < -0.3 is 15.0 Å². The van der Waals surface area contributed by atoms with E-state index in [1.807, 2.05) is 0 Å². The lowest BCUT2D eigenvalue weighted by atomic mass is 9.98. The molecule has 0 unspecified atom stereocenters. The lowest BCUT2D eigenvalue weighted by molar-refractivity contribution is 0.0645. The molecule has 0 saturated carbocycles. The van der Waals surface area contributed by atoms with Crippen LogP contribution in [0.3, 0.4) is 0 Å². The van der Waals surface area contributed by atoms with Crippen LogP contribution in [0.4, 0.5) is 0 Å². The van der Waals surface area contributed by atoms with Crippen LogP contribution in [0.1, 0.15) is 23.3 Å². The Morgan fingerprint density at radius 3 is 2.71 bits per heavy atom. The third-order valence-electron chi connectivity index (χ3n) is 3.16. The van der Waals surface area contributed by atoms with E-state index in [9.17, 15) is 9.59 Å². The maximum absolute atomic E-state index is 12.0. The van der Waals surface area contributed by atoms with E-state index in [1.165, 1.54) is 6.07 Å². The van der Waals surface area contributed by atoms with Crippen LogP contribution in [0.15, 0.2) is 23.0 Å². The van der Waals surface area contributed by atoms with Crippen LogP contribution in [-0.2, 0) is 0 Å². The molecule has 92 valence electrons. The second-order valence-electron chi connectivity index (χ2n) is 4.35. The number of hydrogen-bond acceptors (Lipinski definition) is 3. The summed E-state index contributed by atoms with van der Waals surface area (Å²) < 4.78 is 0. The van der Waals surface area contributed by atoms with Gasteiger partial charge in [-0.15, -0.1) is 0 Å². The van der Waals surface area contributed by atoms with Crippen LogP contribution < -0.4 is 5.56 Å². The summed E-state index contributed by atoms with van der Waals surface area (Å²) in [6.45, 7) is 1.46. The fraction of sp³-hybridized carbons (Fsp3) is 0.500. The summed E-state index contributed by atoms with van der Waals surface area (Å²) in [7, 11) is 0. The van der Waals surface area contributed by atoms with Gasteiger partial charge in [-0.1, -0.05) is 6.07 Å². The van der Waals surface area contributed by atoms with Crippen LogP contribution in [0.2, 0.25) is 0 Å². The molecule has 1 saturated heterocycles. The molecule has 1 fully saturated rings. The third kappa shape index (κ3) is 2.74. The first-order valence-corrected chi connectivity index (χ1v) is 5.80. The summed E-state index contributed by atoms with van der Waals surface area (Å²) >= 11 is 0. The van der Waals surface area contributed by atoms with Crippen molar-refractivity contribution in [2.75, 3.05) is 19.7 Å². The highest BCUT2D eigenvalue weighted by Crippen LogP contribution is 2.17. The van der Waals surface area contributed by atoms with Crippen molar-refractivity contribution in [1.82, 2.24) is 9.88 Å². The molecule has 17 heavy (non-hydrogen) atoms. The number of aliphatic hydroxyl groups is 1. The Bertz CT molecular complexity index is 447. The highest BCUT2D eigenvalue weighted by molar-refractivity contribution is 5.92. The lowest BCUT2D eigenvalue weighted by Gasteiger charge is -2.30. The van der Waals surface area contributed by atoms with Gasteiger partial charge in [-0.2, -0.15) is 0 Å². The Morgan fingerprint density at radius 2 is 2.12 bits per heavy atom. The number of hydrogen-bond donors (Lipinski definition) is 2. The molecule has 1 aromatic rings. The molecule has 0 aromatic carbocycles. The van der Waals surface area contributed by atoms with E-state index < -0.39 is 0 Å². The molecule has 2 rings (SSSR count). The van der Waals surface area contributed by atoms with E-state index in [-0.39, 0.29) is 18.1 Å². The first kappa shape index (κ1) is 11.9. The Kier molecular flexibility index (Phi) is 3.58. The van der Waals surface area contributed by atoms with E-state index >= 15 is 0 Å². The highest BCUT2D eigenvalue weighted by atomic mass is 16.3. The van der Waals surface area contributed by atoms with Gasteiger partial charge in [0, 0.05) is 25.8 Å². The maximum Gasteiger partial charge on any atom is 0.270 e. The molecule has 2 heterocycles. The second-order valence-corrected chi connectivity index (χ2v) is 4.35. The number of carbonyl (C=O) groups is 1. The van der Waals surface area contributed by atoms with Crippen LogP contribution in [0.25, 0.3) is 0 Å². The second kappa shape index (κ2) is 5.14. The topological polar surface area (TPSA) is 73.4 Å². The number of nitrogens with zero attached hydrogens (tertiary/aromatic N) is 1. The van der Waals surface area contributed by atoms with E-state index in [0.717, 1.165) is 12.8 Å². The quantitative estimate of drug-likeness (QED) is 0.771. The molecule has 1 aliphatic heterocycles. The van der Waals surface area contributed by atoms with Gasteiger partial charge in [0.2, 0.25) is 5.56 Å². The fourth-order valence-electron chi connectivity index (χ4n) is 2.06. The average molecular weight is 236 g/mol. The van der Waals surface area contributed by atoms with Gasteiger partial charge in [0.1, 0.15) is 5.69 Å². The fourth-order valence-corrected chi connectivity index (χ4v) is 2.06. The first-order chi connectivity index (χ1) is 8.20. The zero-order valence-electron chi connectivity index (χ0n) is 9.56. The molecule has 0 bridgehead atoms. The number of piperidine rings is 1. The third-order valence-corrected chi connectivity index (χ3v) is 3.16. The Hall–Kier alpha value is -1.62. The summed E-state index contributed by atoms with van der Waals surface area (Å²) in [5.41, 5.74) is 0.0704. The van der Waals surface area contributed by atoms with Crippen molar-refractivity contribution in [3.8, 4) is 0 Å². The largest absolute Gasteiger partial charge is 0.396 e. The number of amides is 1. The maximum atomic E-state index is 12.0.